The zero-order valence-electron chi connectivity index (χ0n) is 14.0. The summed E-state index contributed by atoms with van der Waals surface area (Å²) in [7, 11) is 0. The molecule has 3 aromatic rings. The Morgan fingerprint density at radius 1 is 1.08 bits per heavy atom. The van der Waals surface area contributed by atoms with Gasteiger partial charge in [-0.2, -0.15) is 0 Å². The van der Waals surface area contributed by atoms with Crippen molar-refractivity contribution < 1.29 is 4.79 Å². The van der Waals surface area contributed by atoms with Crippen molar-refractivity contribution >= 4 is 46.4 Å². The van der Waals surface area contributed by atoms with Gasteiger partial charge in [-0.15, -0.1) is 11.3 Å². The van der Waals surface area contributed by atoms with Crippen LogP contribution in [0.1, 0.15) is 16.0 Å². The van der Waals surface area contributed by atoms with Crippen molar-refractivity contribution in [1.29, 1.82) is 0 Å². The Hall–Kier alpha value is -2.69. The molecule has 2 heterocycles. The number of carbonyl (C=O) groups is 1. The van der Waals surface area contributed by atoms with Gasteiger partial charge in [0.1, 0.15) is 11.5 Å². The minimum Gasteiger partial charge on any atom is -0.266 e. The van der Waals surface area contributed by atoms with Gasteiger partial charge < -0.3 is 0 Å². The van der Waals surface area contributed by atoms with Crippen LogP contribution in [0.15, 0.2) is 76.7 Å². The summed E-state index contributed by atoms with van der Waals surface area (Å²) in [5.41, 5.74) is 3.00. The fourth-order valence-electron chi connectivity index (χ4n) is 2.85. The van der Waals surface area contributed by atoms with Crippen LogP contribution in [0.3, 0.4) is 0 Å². The molecule has 1 amide bonds. The predicted molar refractivity (Wildman–Crippen MR) is 109 cm³/mol. The molecule has 0 N–H and O–H groups in total. The largest absolute Gasteiger partial charge is 0.282 e. The fourth-order valence-corrected chi connectivity index (χ4v) is 3.73. The van der Waals surface area contributed by atoms with E-state index in [-0.39, 0.29) is 5.91 Å². The first-order chi connectivity index (χ1) is 12.6. The van der Waals surface area contributed by atoms with E-state index in [9.17, 15) is 4.79 Å². The summed E-state index contributed by atoms with van der Waals surface area (Å²) in [5.74, 6) is 0.396. The molecule has 0 fully saturated rings. The lowest BCUT2D eigenvalue weighted by Gasteiger charge is -2.19. The number of hydrogen-bond donors (Lipinski definition) is 0. The highest BCUT2D eigenvalue weighted by atomic mass is 35.5. The molecule has 3 nitrogen and oxygen atoms in total. The molecule has 4 rings (SSSR count). The maximum absolute atomic E-state index is 13.1. The predicted octanol–water partition coefficient (Wildman–Crippen LogP) is 5.54. The van der Waals surface area contributed by atoms with E-state index >= 15 is 0 Å². The summed E-state index contributed by atoms with van der Waals surface area (Å²) in [5, 5.41) is 2.54. The Bertz CT molecular complexity index is 1040. The highest BCUT2D eigenvalue weighted by Gasteiger charge is 2.33. The van der Waals surface area contributed by atoms with Gasteiger partial charge in [0.05, 0.1) is 10.7 Å². The van der Waals surface area contributed by atoms with E-state index in [0.717, 1.165) is 21.7 Å². The Balaban J connectivity index is 1.87. The average molecular weight is 379 g/mol. The van der Waals surface area contributed by atoms with Crippen molar-refractivity contribution in [2.45, 2.75) is 6.92 Å². The second kappa shape index (κ2) is 6.90. The van der Waals surface area contributed by atoms with Crippen LogP contribution < -0.4 is 4.90 Å². The molecule has 0 saturated heterocycles. The molecule has 1 aliphatic heterocycles. The number of hydrogen-bond acceptors (Lipinski definition) is 3. The number of nitrogens with zero attached hydrogens (tertiary/aromatic N) is 2. The quantitative estimate of drug-likeness (QED) is 0.550. The first-order valence-corrected chi connectivity index (χ1v) is 9.39. The smallest absolute Gasteiger partial charge is 0.266 e. The van der Waals surface area contributed by atoms with Gasteiger partial charge in [-0.25, -0.2) is 4.99 Å². The van der Waals surface area contributed by atoms with Crippen LogP contribution in [0.2, 0.25) is 5.02 Å². The fraction of sp³-hybridized carbons (Fsp3) is 0.0476. The third-order valence-corrected chi connectivity index (χ3v) is 5.21. The molecular weight excluding hydrogens is 364 g/mol. The molecule has 0 radical (unpaired) electrons. The third-order valence-electron chi connectivity index (χ3n) is 4.06. The number of anilines is 1. The normalized spacial score (nSPS) is 15.6. The topological polar surface area (TPSA) is 32.7 Å². The molecule has 5 heteroatoms. The van der Waals surface area contributed by atoms with Crippen LogP contribution in [0.5, 0.6) is 0 Å². The van der Waals surface area contributed by atoms with Gasteiger partial charge >= 0.3 is 0 Å². The van der Waals surface area contributed by atoms with Crippen molar-refractivity contribution in [1.82, 2.24) is 0 Å². The highest BCUT2D eigenvalue weighted by molar-refractivity contribution is 7.10. The Labute approximate surface area is 160 Å². The number of aryl methyl sites for hydroxylation is 1. The van der Waals surface area contributed by atoms with E-state index in [1.165, 1.54) is 0 Å². The van der Waals surface area contributed by atoms with Crippen LogP contribution in [0, 0.1) is 6.92 Å². The number of halogens is 1. The molecule has 0 aliphatic carbocycles. The summed E-state index contributed by atoms with van der Waals surface area (Å²) in [6.45, 7) is 2.00. The van der Waals surface area contributed by atoms with Gasteiger partial charge in [0.25, 0.3) is 5.91 Å². The van der Waals surface area contributed by atoms with E-state index < -0.39 is 0 Å². The molecule has 0 bridgehead atoms. The zero-order valence-corrected chi connectivity index (χ0v) is 15.6. The first kappa shape index (κ1) is 16.8. The number of rotatable bonds is 3. The molecule has 0 spiro atoms. The lowest BCUT2D eigenvalue weighted by molar-refractivity contribution is -0.113. The minimum absolute atomic E-state index is 0.154. The van der Waals surface area contributed by atoms with E-state index in [2.05, 4.69) is 4.99 Å². The highest BCUT2D eigenvalue weighted by Crippen LogP contribution is 2.31. The molecule has 26 heavy (non-hydrogen) atoms. The number of carbonyl (C=O) groups excluding carboxylic acids is 1. The summed E-state index contributed by atoms with van der Waals surface area (Å²) in [4.78, 5) is 20.4. The number of amidine groups is 1. The number of aliphatic imine (C=N–C) groups is 1. The molecule has 0 saturated carbocycles. The molecule has 128 valence electrons. The summed E-state index contributed by atoms with van der Waals surface area (Å²) in [6, 6.07) is 19.2. The van der Waals surface area contributed by atoms with E-state index in [1.54, 1.807) is 22.3 Å². The maximum Gasteiger partial charge on any atom is 0.282 e. The van der Waals surface area contributed by atoms with Gasteiger partial charge in [-0.05, 0) is 54.3 Å². The summed E-state index contributed by atoms with van der Waals surface area (Å²) < 4.78 is 0. The SMILES string of the molecule is Cc1cccc(N2C(=O)/C(=C\c3cccs3)N=C2c2ccccc2Cl)c1. The van der Waals surface area contributed by atoms with Crippen LogP contribution >= 0.6 is 22.9 Å². The second-order valence-electron chi connectivity index (χ2n) is 5.94. The zero-order chi connectivity index (χ0) is 18.1. The minimum atomic E-state index is -0.154. The Kier molecular flexibility index (Phi) is 4.45. The number of thiophene rings is 1. The van der Waals surface area contributed by atoms with Crippen molar-refractivity contribution in [3.63, 3.8) is 0 Å². The van der Waals surface area contributed by atoms with Gasteiger partial charge in [0.15, 0.2) is 0 Å². The van der Waals surface area contributed by atoms with Gasteiger partial charge in [-0.1, -0.05) is 41.9 Å². The summed E-state index contributed by atoms with van der Waals surface area (Å²) in [6.07, 6.45) is 1.82. The van der Waals surface area contributed by atoms with Crippen LogP contribution in [-0.4, -0.2) is 11.7 Å². The molecule has 0 unspecified atom stereocenters. The van der Waals surface area contributed by atoms with Crippen LogP contribution in [0.25, 0.3) is 6.08 Å². The molecule has 1 aromatic heterocycles. The van der Waals surface area contributed by atoms with Gasteiger partial charge in [0, 0.05) is 10.4 Å². The molecule has 2 aromatic carbocycles. The Morgan fingerprint density at radius 2 is 1.92 bits per heavy atom. The van der Waals surface area contributed by atoms with E-state index in [4.69, 9.17) is 11.6 Å². The van der Waals surface area contributed by atoms with E-state index in [0.29, 0.717) is 16.6 Å². The van der Waals surface area contributed by atoms with Crippen molar-refractivity contribution in [3.05, 3.63) is 92.8 Å². The first-order valence-electron chi connectivity index (χ1n) is 8.13. The molecule has 0 atom stereocenters. The lowest BCUT2D eigenvalue weighted by Crippen LogP contribution is -2.32. The third kappa shape index (κ3) is 3.09. The lowest BCUT2D eigenvalue weighted by atomic mass is 10.1. The van der Waals surface area contributed by atoms with Crippen LogP contribution in [0.4, 0.5) is 5.69 Å². The van der Waals surface area contributed by atoms with E-state index in [1.807, 2.05) is 73.0 Å². The molecular formula is C21H15ClN2OS. The van der Waals surface area contributed by atoms with Crippen molar-refractivity contribution in [3.8, 4) is 0 Å². The summed E-state index contributed by atoms with van der Waals surface area (Å²) >= 11 is 7.96. The number of benzene rings is 2. The van der Waals surface area contributed by atoms with Crippen molar-refractivity contribution in [2.24, 2.45) is 4.99 Å². The standard InChI is InChI=1S/C21H15ClN2OS/c1-14-6-4-7-15(12-14)24-20(17-9-2-3-10-18(17)22)23-19(21(24)25)13-16-8-5-11-26-16/h2-13H,1H3/b19-13+. The number of amides is 1. The monoisotopic (exact) mass is 378 g/mol. The van der Waals surface area contributed by atoms with Crippen LogP contribution in [-0.2, 0) is 4.79 Å². The van der Waals surface area contributed by atoms with Gasteiger partial charge in [-0.3, -0.25) is 9.69 Å². The average Bonchev–Trinajstić information content (AvgIpc) is 3.24. The second-order valence-corrected chi connectivity index (χ2v) is 7.33. The molecule has 1 aliphatic rings. The Morgan fingerprint density at radius 3 is 2.65 bits per heavy atom. The maximum atomic E-state index is 13.1. The van der Waals surface area contributed by atoms with Gasteiger partial charge in [0.2, 0.25) is 0 Å². The van der Waals surface area contributed by atoms with Crippen molar-refractivity contribution in [2.75, 3.05) is 4.90 Å².